The molecule has 0 spiro atoms. The Morgan fingerprint density at radius 1 is 0.559 bits per heavy atom. The molecule has 34 heavy (non-hydrogen) atoms. The molecule has 0 N–H and O–H groups in total. The number of halogens is 2. The van der Waals surface area contributed by atoms with E-state index in [9.17, 15) is 0 Å². The Morgan fingerprint density at radius 3 is 1.59 bits per heavy atom. The molecule has 1 aliphatic rings. The van der Waals surface area contributed by atoms with Crippen molar-refractivity contribution in [3.05, 3.63) is 139 Å². The summed E-state index contributed by atoms with van der Waals surface area (Å²) in [6, 6.07) is 47.0. The molecule has 0 fully saturated rings. The molecule has 0 nitrogen and oxygen atoms in total. The third-order valence-corrected chi connectivity index (χ3v) is 8.13. The zero-order chi connectivity index (χ0) is 20.9. The molecule has 0 aliphatic heterocycles. The fourth-order valence-corrected chi connectivity index (χ4v) is 6.67. The molecular formula is C30H23Cl2PSn. The summed E-state index contributed by atoms with van der Waals surface area (Å²) in [5.74, 6) is 0. The van der Waals surface area contributed by atoms with Gasteiger partial charge in [0, 0.05) is 0 Å². The number of aryl methyl sites for hydroxylation is 2. The van der Waals surface area contributed by atoms with Crippen molar-refractivity contribution in [1.29, 1.82) is 0 Å². The number of hydrogen-bond acceptors (Lipinski definition) is 0. The molecule has 5 aromatic rings. The SMILES string of the molecule is [Cl-].[Cl-].[Sn+2].[c]1ccc2c3c(ccc(P(c4ccccc4)c4ccccc4)c13)CC2.[c]1ccccc1. The molecule has 4 radical (unpaired) electrons. The summed E-state index contributed by atoms with van der Waals surface area (Å²) in [7, 11) is -0.574. The maximum Gasteiger partial charge on any atom is 2.00 e. The van der Waals surface area contributed by atoms with Crippen molar-refractivity contribution in [2.24, 2.45) is 0 Å². The second-order valence-corrected chi connectivity index (χ2v) is 9.77. The average molecular weight is 604 g/mol. The molecule has 6 rings (SSSR count). The second kappa shape index (κ2) is 13.9. The van der Waals surface area contributed by atoms with Gasteiger partial charge in [-0.2, -0.15) is 0 Å². The first-order valence-electron chi connectivity index (χ1n) is 10.7. The maximum atomic E-state index is 3.58. The maximum absolute atomic E-state index is 3.58. The van der Waals surface area contributed by atoms with Crippen molar-refractivity contribution in [3.63, 3.8) is 0 Å². The monoisotopic (exact) mass is 604 g/mol. The molecule has 1 aliphatic carbocycles. The van der Waals surface area contributed by atoms with E-state index in [0.29, 0.717) is 0 Å². The fraction of sp³-hybridized carbons (Fsp3) is 0.0667. The largest absolute Gasteiger partial charge is 2.00 e. The Bertz CT molecular complexity index is 1200. The van der Waals surface area contributed by atoms with Crippen LogP contribution in [-0.2, 0) is 12.8 Å². The molecule has 0 unspecified atom stereocenters. The second-order valence-electron chi connectivity index (χ2n) is 7.58. The van der Waals surface area contributed by atoms with Crippen LogP contribution < -0.4 is 40.7 Å². The summed E-state index contributed by atoms with van der Waals surface area (Å²) >= 11 is 0. The number of benzene rings is 5. The molecule has 4 heteroatoms. The van der Waals surface area contributed by atoms with Crippen LogP contribution in [-0.4, -0.2) is 23.9 Å². The topological polar surface area (TPSA) is 0 Å². The molecule has 0 saturated carbocycles. The standard InChI is InChI=1S/C24H18P.C6H5.2ClH.Sn/c1-3-9-20(10-4-1)25(21-11-5-2-6-12-21)23-17-16-19-15-14-18-8-7-13-22(23)24(18)19;1-2-4-6-5-3-1;;;/h1-12,16-17H,14-15H2;1-5H;2*1H;/q;;;;+2/p-2. The molecule has 166 valence electrons. The Labute approximate surface area is 233 Å². The molecule has 0 amide bonds. The zero-order valence-corrected chi connectivity index (χ0v) is 23.8. The van der Waals surface area contributed by atoms with Crippen molar-refractivity contribution < 1.29 is 24.8 Å². The molecule has 0 heterocycles. The molecule has 0 saturated heterocycles. The third kappa shape index (κ3) is 6.23. The van der Waals surface area contributed by atoms with Gasteiger partial charge in [-0.1, -0.05) is 115 Å². The van der Waals surface area contributed by atoms with Gasteiger partial charge in [-0.05, 0) is 70.7 Å². The number of rotatable bonds is 3. The van der Waals surface area contributed by atoms with Gasteiger partial charge in [0.05, 0.1) is 0 Å². The molecule has 5 aromatic carbocycles. The van der Waals surface area contributed by atoms with Gasteiger partial charge >= 0.3 is 23.9 Å². The summed E-state index contributed by atoms with van der Waals surface area (Å²) in [5, 5.41) is 7.01. The van der Waals surface area contributed by atoms with Crippen LogP contribution in [0.1, 0.15) is 11.1 Å². The Morgan fingerprint density at radius 2 is 1.09 bits per heavy atom. The quantitative estimate of drug-likeness (QED) is 0.195. The van der Waals surface area contributed by atoms with Gasteiger partial charge in [-0.25, -0.2) is 0 Å². The minimum atomic E-state index is -0.574. The summed E-state index contributed by atoms with van der Waals surface area (Å²) in [6.45, 7) is 0. The molecule has 0 atom stereocenters. The van der Waals surface area contributed by atoms with E-state index in [0.717, 1.165) is 0 Å². The fourth-order valence-electron chi connectivity index (χ4n) is 4.25. The zero-order valence-electron chi connectivity index (χ0n) is 18.6. The van der Waals surface area contributed by atoms with Crippen LogP contribution in [0.2, 0.25) is 0 Å². The first-order valence-corrected chi connectivity index (χ1v) is 12.0. The van der Waals surface area contributed by atoms with E-state index in [2.05, 4.69) is 97.1 Å². The van der Waals surface area contributed by atoms with Crippen LogP contribution in [0.3, 0.4) is 0 Å². The Balaban J connectivity index is 0.000000401. The summed E-state index contributed by atoms with van der Waals surface area (Å²) in [4.78, 5) is 0. The molecular weight excluding hydrogens is 581 g/mol. The van der Waals surface area contributed by atoms with E-state index >= 15 is 0 Å². The van der Waals surface area contributed by atoms with Crippen LogP contribution in [0, 0.1) is 12.1 Å². The van der Waals surface area contributed by atoms with Gasteiger partial charge in [0.2, 0.25) is 0 Å². The van der Waals surface area contributed by atoms with E-state index in [-0.39, 0.29) is 48.7 Å². The van der Waals surface area contributed by atoms with E-state index in [1.165, 1.54) is 50.7 Å². The molecule has 0 bridgehead atoms. The minimum absolute atomic E-state index is 0. The summed E-state index contributed by atoms with van der Waals surface area (Å²) in [6.07, 6.45) is 2.33. The Kier molecular flexibility index (Phi) is 11.6. The predicted octanol–water partition coefficient (Wildman–Crippen LogP) is -0.389. The van der Waals surface area contributed by atoms with Crippen LogP contribution in [0.25, 0.3) is 10.8 Å². The smallest absolute Gasteiger partial charge is 1.00 e. The van der Waals surface area contributed by atoms with Crippen LogP contribution >= 0.6 is 7.92 Å². The van der Waals surface area contributed by atoms with Gasteiger partial charge in [-0.15, -0.1) is 0 Å². The van der Waals surface area contributed by atoms with Gasteiger partial charge in [0.25, 0.3) is 0 Å². The van der Waals surface area contributed by atoms with Crippen molar-refractivity contribution in [1.82, 2.24) is 0 Å². The van der Waals surface area contributed by atoms with Crippen LogP contribution in [0.4, 0.5) is 0 Å². The van der Waals surface area contributed by atoms with Crippen LogP contribution in [0.15, 0.2) is 115 Å². The van der Waals surface area contributed by atoms with E-state index in [1.54, 1.807) is 0 Å². The van der Waals surface area contributed by atoms with Crippen molar-refractivity contribution >= 4 is 58.5 Å². The first-order chi connectivity index (χ1) is 15.4. The third-order valence-electron chi connectivity index (χ3n) is 5.64. The van der Waals surface area contributed by atoms with Crippen molar-refractivity contribution in [2.75, 3.05) is 0 Å². The number of hydrogen-bond donors (Lipinski definition) is 0. The van der Waals surface area contributed by atoms with Gasteiger partial charge in [0.15, 0.2) is 0 Å². The first kappa shape index (κ1) is 28.4. The van der Waals surface area contributed by atoms with Gasteiger partial charge in [0.1, 0.15) is 0 Å². The van der Waals surface area contributed by atoms with Crippen LogP contribution in [0.5, 0.6) is 0 Å². The van der Waals surface area contributed by atoms with Crippen molar-refractivity contribution in [3.8, 4) is 0 Å². The van der Waals surface area contributed by atoms with Gasteiger partial charge in [-0.3, -0.25) is 0 Å². The normalized spacial score (nSPS) is 10.9. The van der Waals surface area contributed by atoms with Gasteiger partial charge < -0.3 is 24.8 Å². The van der Waals surface area contributed by atoms with E-state index in [4.69, 9.17) is 0 Å². The minimum Gasteiger partial charge on any atom is -1.00 e. The van der Waals surface area contributed by atoms with Crippen molar-refractivity contribution in [2.45, 2.75) is 12.8 Å². The summed E-state index contributed by atoms with van der Waals surface area (Å²) < 4.78 is 0. The Hall–Kier alpha value is -1.83. The summed E-state index contributed by atoms with van der Waals surface area (Å²) in [5.41, 5.74) is 2.98. The average Bonchev–Trinajstić information content (AvgIpc) is 3.28. The molecule has 0 aromatic heterocycles. The van der Waals surface area contributed by atoms with E-state index < -0.39 is 7.92 Å². The van der Waals surface area contributed by atoms with E-state index in [1.807, 2.05) is 30.3 Å². The predicted molar refractivity (Wildman–Crippen MR) is 140 cm³/mol.